The van der Waals surface area contributed by atoms with Gasteiger partial charge in [0.05, 0.1) is 10.5 Å². The van der Waals surface area contributed by atoms with E-state index in [-0.39, 0.29) is 16.9 Å². The minimum absolute atomic E-state index is 0.00113. The number of esters is 1. The van der Waals surface area contributed by atoms with Crippen molar-refractivity contribution in [3.63, 3.8) is 0 Å². The van der Waals surface area contributed by atoms with E-state index in [0.717, 1.165) is 25.3 Å². The van der Waals surface area contributed by atoms with Crippen LogP contribution in [0.2, 0.25) is 0 Å². The van der Waals surface area contributed by atoms with Crippen molar-refractivity contribution in [2.45, 2.75) is 26.2 Å². The predicted molar refractivity (Wildman–Crippen MR) is 107 cm³/mol. The maximum absolute atomic E-state index is 12.1. The molecule has 0 aliphatic rings. The Bertz CT molecular complexity index is 849. The number of nitro groups is 1. The van der Waals surface area contributed by atoms with Crippen molar-refractivity contribution in [1.82, 2.24) is 0 Å². The van der Waals surface area contributed by atoms with Crippen molar-refractivity contribution in [3.8, 4) is 0 Å². The standard InChI is InChI=1S/C20H23N3O5/c1-3-4-5-14-6-9-16(10-7-14)22-19(24)13-28-20(25)15-8-11-17(21-2)18(12-15)23(26)27/h6-12,21H,3-5,13H2,1-2H3,(H,22,24). The minimum Gasteiger partial charge on any atom is -0.452 e. The van der Waals surface area contributed by atoms with Crippen LogP contribution < -0.4 is 10.6 Å². The number of carbonyl (C=O) groups excluding carboxylic acids is 2. The molecule has 0 radical (unpaired) electrons. The molecule has 8 heteroatoms. The quantitative estimate of drug-likeness (QED) is 0.386. The summed E-state index contributed by atoms with van der Waals surface area (Å²) >= 11 is 0. The number of amides is 1. The Morgan fingerprint density at radius 1 is 1.14 bits per heavy atom. The SMILES string of the molecule is CCCCc1ccc(NC(=O)COC(=O)c2ccc(NC)c([N+](=O)[O-])c2)cc1. The van der Waals surface area contributed by atoms with Gasteiger partial charge < -0.3 is 15.4 Å². The number of hydrogen-bond acceptors (Lipinski definition) is 6. The van der Waals surface area contributed by atoms with Crippen molar-refractivity contribution in [1.29, 1.82) is 0 Å². The van der Waals surface area contributed by atoms with Gasteiger partial charge in [-0.1, -0.05) is 25.5 Å². The molecule has 1 amide bonds. The van der Waals surface area contributed by atoms with Crippen LogP contribution in [0.4, 0.5) is 17.1 Å². The summed E-state index contributed by atoms with van der Waals surface area (Å²) in [6.07, 6.45) is 3.21. The predicted octanol–water partition coefficient (Wildman–Crippen LogP) is 3.77. The molecule has 0 aliphatic carbocycles. The molecule has 0 fully saturated rings. The molecule has 0 spiro atoms. The van der Waals surface area contributed by atoms with E-state index in [4.69, 9.17) is 4.74 Å². The van der Waals surface area contributed by atoms with Gasteiger partial charge in [-0.2, -0.15) is 0 Å². The zero-order valence-electron chi connectivity index (χ0n) is 15.9. The highest BCUT2D eigenvalue weighted by Gasteiger charge is 2.18. The number of ether oxygens (including phenoxy) is 1. The minimum atomic E-state index is -0.809. The average Bonchev–Trinajstić information content (AvgIpc) is 2.70. The largest absolute Gasteiger partial charge is 0.452 e. The van der Waals surface area contributed by atoms with Crippen molar-refractivity contribution in [3.05, 3.63) is 63.7 Å². The van der Waals surface area contributed by atoms with Crippen LogP contribution in [0.15, 0.2) is 42.5 Å². The van der Waals surface area contributed by atoms with Gasteiger partial charge in [0.15, 0.2) is 6.61 Å². The molecule has 2 aromatic rings. The first-order chi connectivity index (χ1) is 13.4. The van der Waals surface area contributed by atoms with E-state index >= 15 is 0 Å². The monoisotopic (exact) mass is 385 g/mol. The highest BCUT2D eigenvalue weighted by Crippen LogP contribution is 2.25. The zero-order chi connectivity index (χ0) is 20.5. The lowest BCUT2D eigenvalue weighted by molar-refractivity contribution is -0.384. The van der Waals surface area contributed by atoms with Gasteiger partial charge in [-0.25, -0.2) is 4.79 Å². The summed E-state index contributed by atoms with van der Waals surface area (Å²) in [5.41, 5.74) is 1.83. The summed E-state index contributed by atoms with van der Waals surface area (Å²) in [6.45, 7) is 1.64. The van der Waals surface area contributed by atoms with Gasteiger partial charge in [-0.05, 0) is 42.7 Å². The second kappa shape index (κ2) is 10.1. The van der Waals surface area contributed by atoms with Gasteiger partial charge in [0.2, 0.25) is 0 Å². The third kappa shape index (κ3) is 5.80. The lowest BCUT2D eigenvalue weighted by Crippen LogP contribution is -2.21. The number of carbonyl (C=O) groups is 2. The Kier molecular flexibility index (Phi) is 7.50. The molecule has 148 valence electrons. The number of nitrogens with zero attached hydrogens (tertiary/aromatic N) is 1. The fourth-order valence-electron chi connectivity index (χ4n) is 2.57. The Morgan fingerprint density at radius 3 is 2.46 bits per heavy atom. The highest BCUT2D eigenvalue weighted by molar-refractivity contribution is 5.96. The van der Waals surface area contributed by atoms with Gasteiger partial charge in [0.1, 0.15) is 5.69 Å². The number of anilines is 2. The van der Waals surface area contributed by atoms with Crippen LogP contribution in [0, 0.1) is 10.1 Å². The number of aryl methyl sites for hydroxylation is 1. The molecular formula is C20H23N3O5. The van der Waals surface area contributed by atoms with E-state index < -0.39 is 23.4 Å². The van der Waals surface area contributed by atoms with Crippen LogP contribution in [-0.4, -0.2) is 30.5 Å². The maximum Gasteiger partial charge on any atom is 0.338 e. The summed E-state index contributed by atoms with van der Waals surface area (Å²) in [4.78, 5) is 34.5. The first-order valence-corrected chi connectivity index (χ1v) is 8.96. The summed E-state index contributed by atoms with van der Waals surface area (Å²) in [6, 6.07) is 11.4. The smallest absolute Gasteiger partial charge is 0.338 e. The van der Waals surface area contributed by atoms with Crippen LogP contribution in [0.25, 0.3) is 0 Å². The molecule has 0 saturated heterocycles. The second-order valence-corrected chi connectivity index (χ2v) is 6.16. The normalized spacial score (nSPS) is 10.2. The Morgan fingerprint density at radius 2 is 1.86 bits per heavy atom. The molecule has 28 heavy (non-hydrogen) atoms. The Labute approximate surface area is 163 Å². The molecular weight excluding hydrogens is 362 g/mol. The topological polar surface area (TPSA) is 111 Å². The van der Waals surface area contributed by atoms with Crippen molar-refractivity contribution >= 4 is 28.9 Å². The first kappa shape index (κ1) is 20.9. The number of nitro benzene ring substituents is 1. The summed E-state index contributed by atoms with van der Waals surface area (Å²) in [5.74, 6) is -1.30. The fourth-order valence-corrected chi connectivity index (χ4v) is 2.57. The molecule has 2 N–H and O–H groups in total. The third-order valence-corrected chi connectivity index (χ3v) is 4.09. The molecule has 0 atom stereocenters. The molecule has 0 aliphatic heterocycles. The summed E-state index contributed by atoms with van der Waals surface area (Å²) in [7, 11) is 1.54. The number of unbranched alkanes of at least 4 members (excludes halogenated alkanes) is 1. The van der Waals surface area contributed by atoms with E-state index in [2.05, 4.69) is 17.6 Å². The number of rotatable bonds is 9. The van der Waals surface area contributed by atoms with E-state index in [0.29, 0.717) is 5.69 Å². The van der Waals surface area contributed by atoms with Gasteiger partial charge in [-0.3, -0.25) is 14.9 Å². The van der Waals surface area contributed by atoms with Gasteiger partial charge in [-0.15, -0.1) is 0 Å². The Hall–Kier alpha value is -3.42. The zero-order valence-corrected chi connectivity index (χ0v) is 15.9. The van der Waals surface area contributed by atoms with Crippen LogP contribution in [0.5, 0.6) is 0 Å². The van der Waals surface area contributed by atoms with E-state index in [9.17, 15) is 19.7 Å². The molecule has 8 nitrogen and oxygen atoms in total. The second-order valence-electron chi connectivity index (χ2n) is 6.16. The number of nitrogens with one attached hydrogen (secondary N) is 2. The van der Waals surface area contributed by atoms with E-state index in [1.807, 2.05) is 12.1 Å². The van der Waals surface area contributed by atoms with Gasteiger partial charge in [0.25, 0.3) is 11.6 Å². The molecule has 2 rings (SSSR count). The molecule has 0 aromatic heterocycles. The van der Waals surface area contributed by atoms with E-state index in [1.165, 1.54) is 17.7 Å². The molecule has 0 heterocycles. The average molecular weight is 385 g/mol. The molecule has 0 saturated carbocycles. The van der Waals surface area contributed by atoms with Crippen LogP contribution >= 0.6 is 0 Å². The molecule has 0 bridgehead atoms. The third-order valence-electron chi connectivity index (χ3n) is 4.09. The Balaban J connectivity index is 1.91. The number of hydrogen-bond donors (Lipinski definition) is 2. The molecule has 2 aromatic carbocycles. The van der Waals surface area contributed by atoms with Crippen LogP contribution in [-0.2, 0) is 16.0 Å². The lowest BCUT2D eigenvalue weighted by Gasteiger charge is -2.08. The summed E-state index contributed by atoms with van der Waals surface area (Å²) < 4.78 is 4.95. The fraction of sp³-hybridized carbons (Fsp3) is 0.300. The first-order valence-electron chi connectivity index (χ1n) is 8.96. The van der Waals surface area contributed by atoms with Crippen LogP contribution in [0.3, 0.4) is 0 Å². The lowest BCUT2D eigenvalue weighted by atomic mass is 10.1. The maximum atomic E-state index is 12.1. The molecule has 0 unspecified atom stereocenters. The van der Waals surface area contributed by atoms with Gasteiger partial charge in [0, 0.05) is 18.8 Å². The summed E-state index contributed by atoms with van der Waals surface area (Å²) in [5, 5.41) is 16.4. The highest BCUT2D eigenvalue weighted by atomic mass is 16.6. The van der Waals surface area contributed by atoms with Gasteiger partial charge >= 0.3 is 5.97 Å². The number of benzene rings is 2. The van der Waals surface area contributed by atoms with Crippen molar-refractivity contribution in [2.75, 3.05) is 24.3 Å². The van der Waals surface area contributed by atoms with E-state index in [1.54, 1.807) is 19.2 Å². The van der Waals surface area contributed by atoms with Crippen LogP contribution in [0.1, 0.15) is 35.7 Å². The van der Waals surface area contributed by atoms with Crippen molar-refractivity contribution in [2.24, 2.45) is 0 Å². The van der Waals surface area contributed by atoms with Crippen molar-refractivity contribution < 1.29 is 19.2 Å².